The highest BCUT2D eigenvalue weighted by Gasteiger charge is 1.97. The van der Waals surface area contributed by atoms with Crippen LogP contribution in [0.3, 0.4) is 0 Å². The number of carbonyl (C=O) groups is 1. The maximum absolute atomic E-state index is 10.7. The molecule has 0 radical (unpaired) electrons. The van der Waals surface area contributed by atoms with Crippen molar-refractivity contribution in [2.24, 2.45) is 0 Å². The molecule has 0 saturated heterocycles. The number of carbonyl (C=O) groups excluding carboxylic acids is 1. The number of nitrogens with zero attached hydrogens (tertiary/aromatic N) is 2. The van der Waals surface area contributed by atoms with Gasteiger partial charge >= 0.3 is 6.09 Å². The lowest BCUT2D eigenvalue weighted by molar-refractivity contribution is 0.170. The summed E-state index contributed by atoms with van der Waals surface area (Å²) >= 11 is 0. The fourth-order valence-corrected chi connectivity index (χ4v) is 0.913. The second kappa shape index (κ2) is 7.96. The molecule has 0 aliphatic rings. The molecule has 1 N–H and O–H groups in total. The molecule has 0 unspecified atom stereocenters. The molecule has 88 valence electrons. The van der Waals surface area contributed by atoms with Gasteiger partial charge in [0.1, 0.15) is 0 Å². The zero-order valence-corrected chi connectivity index (χ0v) is 9.99. The average Bonchev–Trinajstić information content (AvgIpc) is 2.21. The highest BCUT2D eigenvalue weighted by atomic mass is 16.5. The van der Waals surface area contributed by atoms with Crippen LogP contribution in [0.15, 0.2) is 12.4 Å². The largest absolute Gasteiger partial charge is 0.453 e. The number of hydrogen-bond acceptors (Lipinski definition) is 4. The molecule has 5 nitrogen and oxygen atoms in total. The summed E-state index contributed by atoms with van der Waals surface area (Å²) in [5, 5.41) is 2.63. The molecule has 15 heavy (non-hydrogen) atoms. The highest BCUT2D eigenvalue weighted by Crippen LogP contribution is 1.89. The maximum atomic E-state index is 10.7. The lowest BCUT2D eigenvalue weighted by atomic mass is 10.4. The van der Waals surface area contributed by atoms with Gasteiger partial charge in [-0.25, -0.2) is 4.79 Å². The van der Waals surface area contributed by atoms with E-state index in [4.69, 9.17) is 0 Å². The van der Waals surface area contributed by atoms with Crippen molar-refractivity contribution < 1.29 is 9.53 Å². The van der Waals surface area contributed by atoms with Gasteiger partial charge in [0.05, 0.1) is 7.11 Å². The molecular weight excluding hydrogens is 194 g/mol. The van der Waals surface area contributed by atoms with Crippen molar-refractivity contribution in [3.8, 4) is 0 Å². The Morgan fingerprint density at radius 2 is 2.00 bits per heavy atom. The van der Waals surface area contributed by atoms with Gasteiger partial charge in [0, 0.05) is 46.6 Å². The maximum Gasteiger partial charge on any atom is 0.406 e. The average molecular weight is 215 g/mol. The molecule has 1 amide bonds. The number of alkyl carbamates (subject to hydrolysis) is 1. The first kappa shape index (κ1) is 13.6. The van der Waals surface area contributed by atoms with E-state index in [0.29, 0.717) is 6.54 Å². The lowest BCUT2D eigenvalue weighted by Crippen LogP contribution is -2.26. The third kappa shape index (κ3) is 8.93. The summed E-state index contributed by atoms with van der Waals surface area (Å²) in [5.41, 5.74) is 0. The molecule has 0 bridgehead atoms. The molecule has 0 rings (SSSR count). The van der Waals surface area contributed by atoms with Crippen molar-refractivity contribution in [3.05, 3.63) is 12.4 Å². The number of ether oxygens (including phenoxy) is 1. The SMILES string of the molecule is COC(=O)NCCCN(C)/C=C\N(C)C. The normalized spacial score (nSPS) is 10.1. The summed E-state index contributed by atoms with van der Waals surface area (Å²) in [5.74, 6) is 0. The van der Waals surface area contributed by atoms with Crippen LogP contribution in [0.2, 0.25) is 0 Å². The van der Waals surface area contributed by atoms with E-state index < -0.39 is 0 Å². The van der Waals surface area contributed by atoms with Crippen molar-refractivity contribution in [2.75, 3.05) is 41.3 Å². The number of amides is 1. The first-order valence-electron chi connectivity index (χ1n) is 4.93. The third-order valence-corrected chi connectivity index (χ3v) is 1.76. The molecule has 0 aromatic heterocycles. The smallest absolute Gasteiger partial charge is 0.406 e. The van der Waals surface area contributed by atoms with Crippen LogP contribution in [0.4, 0.5) is 4.79 Å². The van der Waals surface area contributed by atoms with Crippen LogP contribution >= 0.6 is 0 Å². The molecule has 0 atom stereocenters. The summed E-state index contributed by atoms with van der Waals surface area (Å²) in [6.07, 6.45) is 4.50. The van der Waals surface area contributed by atoms with E-state index in [-0.39, 0.29) is 6.09 Å². The van der Waals surface area contributed by atoms with Crippen LogP contribution in [0.25, 0.3) is 0 Å². The number of methoxy groups -OCH3 is 1. The quantitative estimate of drug-likeness (QED) is 0.662. The number of rotatable bonds is 6. The summed E-state index contributed by atoms with van der Waals surface area (Å²) in [6.45, 7) is 1.53. The highest BCUT2D eigenvalue weighted by molar-refractivity contribution is 5.66. The van der Waals surface area contributed by atoms with Gasteiger partial charge in [0.2, 0.25) is 0 Å². The Balaban J connectivity index is 3.47. The predicted octanol–water partition coefficient (Wildman–Crippen LogP) is 0.697. The zero-order chi connectivity index (χ0) is 11.7. The Morgan fingerprint density at radius 1 is 1.33 bits per heavy atom. The Bertz CT molecular complexity index is 205. The molecule has 0 aromatic carbocycles. The van der Waals surface area contributed by atoms with Crippen molar-refractivity contribution in [1.82, 2.24) is 15.1 Å². The minimum absolute atomic E-state index is 0.374. The standard InChI is InChI=1S/C10H21N3O2/c1-12(2)8-9-13(3)7-5-6-11-10(14)15-4/h8-9H,5-7H2,1-4H3,(H,11,14)/b9-8-. The van der Waals surface area contributed by atoms with Gasteiger partial charge in [-0.3, -0.25) is 0 Å². The summed E-state index contributed by atoms with van der Waals surface area (Å²) in [7, 11) is 7.31. The Hall–Kier alpha value is -1.39. The monoisotopic (exact) mass is 215 g/mol. The number of nitrogens with one attached hydrogen (secondary N) is 1. The van der Waals surface area contributed by atoms with Crippen LogP contribution in [0.1, 0.15) is 6.42 Å². The molecule has 0 aliphatic carbocycles. The molecule has 0 spiro atoms. The molecule has 0 saturated carbocycles. The van der Waals surface area contributed by atoms with Crippen LogP contribution in [0.5, 0.6) is 0 Å². The molecule has 0 fully saturated rings. The molecule has 0 heterocycles. The molecule has 5 heteroatoms. The predicted molar refractivity (Wildman–Crippen MR) is 60.5 cm³/mol. The Morgan fingerprint density at radius 3 is 2.53 bits per heavy atom. The van der Waals surface area contributed by atoms with Gasteiger partial charge in [-0.15, -0.1) is 0 Å². The van der Waals surface area contributed by atoms with Gasteiger partial charge in [0.25, 0.3) is 0 Å². The summed E-state index contributed by atoms with van der Waals surface area (Å²) in [6, 6.07) is 0. The lowest BCUT2D eigenvalue weighted by Gasteiger charge is -2.15. The third-order valence-electron chi connectivity index (χ3n) is 1.76. The van der Waals surface area contributed by atoms with Gasteiger partial charge in [-0.1, -0.05) is 0 Å². The second-order valence-corrected chi connectivity index (χ2v) is 3.51. The molecule has 0 aromatic rings. The van der Waals surface area contributed by atoms with Crippen LogP contribution in [-0.2, 0) is 4.74 Å². The topological polar surface area (TPSA) is 44.8 Å². The van der Waals surface area contributed by atoms with E-state index in [9.17, 15) is 4.79 Å². The summed E-state index contributed by atoms with van der Waals surface area (Å²) < 4.78 is 4.45. The van der Waals surface area contributed by atoms with E-state index in [1.807, 2.05) is 38.4 Å². The van der Waals surface area contributed by atoms with E-state index in [1.165, 1.54) is 7.11 Å². The van der Waals surface area contributed by atoms with E-state index >= 15 is 0 Å². The van der Waals surface area contributed by atoms with Crippen molar-refractivity contribution in [3.63, 3.8) is 0 Å². The summed E-state index contributed by atoms with van der Waals surface area (Å²) in [4.78, 5) is 14.7. The molecular formula is C10H21N3O2. The fourth-order valence-electron chi connectivity index (χ4n) is 0.913. The number of hydrogen-bond donors (Lipinski definition) is 1. The minimum Gasteiger partial charge on any atom is -0.453 e. The minimum atomic E-state index is -0.374. The zero-order valence-electron chi connectivity index (χ0n) is 9.99. The fraction of sp³-hybridized carbons (Fsp3) is 0.700. The van der Waals surface area contributed by atoms with E-state index in [1.54, 1.807) is 0 Å². The first-order valence-corrected chi connectivity index (χ1v) is 4.93. The van der Waals surface area contributed by atoms with Gasteiger partial charge in [-0.05, 0) is 6.42 Å². The van der Waals surface area contributed by atoms with Crippen LogP contribution in [0, 0.1) is 0 Å². The van der Waals surface area contributed by atoms with E-state index in [2.05, 4.69) is 15.0 Å². The second-order valence-electron chi connectivity index (χ2n) is 3.51. The van der Waals surface area contributed by atoms with Crippen LogP contribution in [-0.4, -0.2) is 57.2 Å². The van der Waals surface area contributed by atoms with Gasteiger partial charge < -0.3 is 19.9 Å². The van der Waals surface area contributed by atoms with E-state index in [0.717, 1.165) is 13.0 Å². The van der Waals surface area contributed by atoms with Gasteiger partial charge in [-0.2, -0.15) is 0 Å². The Labute approximate surface area is 91.7 Å². The van der Waals surface area contributed by atoms with Gasteiger partial charge in [0.15, 0.2) is 0 Å². The van der Waals surface area contributed by atoms with Crippen LogP contribution < -0.4 is 5.32 Å². The Kier molecular flexibility index (Phi) is 7.23. The first-order chi connectivity index (χ1) is 7.06. The molecule has 0 aliphatic heterocycles. The van der Waals surface area contributed by atoms with Crippen molar-refractivity contribution in [1.29, 1.82) is 0 Å². The van der Waals surface area contributed by atoms with Crippen molar-refractivity contribution in [2.45, 2.75) is 6.42 Å². The van der Waals surface area contributed by atoms with Crippen molar-refractivity contribution >= 4 is 6.09 Å².